The lowest BCUT2D eigenvalue weighted by Gasteiger charge is -2.31. The maximum Gasteiger partial charge on any atom is 0.416 e. The zero-order chi connectivity index (χ0) is 12.3. The third-order valence-electron chi connectivity index (χ3n) is 2.85. The van der Waals surface area contributed by atoms with Gasteiger partial charge in [0.2, 0.25) is 5.91 Å². The molecule has 0 spiro atoms. The molecule has 1 atom stereocenters. The summed E-state index contributed by atoms with van der Waals surface area (Å²) >= 11 is 0. The van der Waals surface area contributed by atoms with Gasteiger partial charge in [-0.15, -0.1) is 0 Å². The highest BCUT2D eigenvalue weighted by Crippen LogP contribution is 2.08. The van der Waals surface area contributed by atoms with E-state index in [1.165, 1.54) is 0 Å². The second kappa shape index (κ2) is 5.44. The summed E-state index contributed by atoms with van der Waals surface area (Å²) in [4.78, 5) is 26.0. The normalized spacial score (nSPS) is 26.1. The van der Waals surface area contributed by atoms with Crippen LogP contribution in [-0.2, 0) is 14.3 Å². The fourth-order valence-corrected chi connectivity index (χ4v) is 1.93. The lowest BCUT2D eigenvalue weighted by Crippen LogP contribution is -2.48. The van der Waals surface area contributed by atoms with Gasteiger partial charge in [0.05, 0.1) is 32.4 Å². The van der Waals surface area contributed by atoms with Gasteiger partial charge in [0.15, 0.2) is 0 Å². The minimum atomic E-state index is -0.568. The second-order valence-electron chi connectivity index (χ2n) is 4.07. The number of morpholine rings is 1. The largest absolute Gasteiger partial charge is 0.447 e. The van der Waals surface area contributed by atoms with Crippen LogP contribution in [0.3, 0.4) is 0 Å². The van der Waals surface area contributed by atoms with E-state index in [1.54, 1.807) is 0 Å². The quantitative estimate of drug-likeness (QED) is 0.662. The van der Waals surface area contributed by atoms with E-state index < -0.39 is 6.09 Å². The van der Waals surface area contributed by atoms with Crippen molar-refractivity contribution in [3.63, 3.8) is 0 Å². The van der Waals surface area contributed by atoms with E-state index >= 15 is 0 Å². The third kappa shape index (κ3) is 2.93. The van der Waals surface area contributed by atoms with Crippen LogP contribution >= 0.6 is 0 Å². The van der Waals surface area contributed by atoms with Crippen molar-refractivity contribution in [2.75, 3.05) is 46.0 Å². The maximum atomic E-state index is 11.8. The molecule has 2 heterocycles. The molecule has 96 valence electrons. The Morgan fingerprint density at radius 1 is 1.41 bits per heavy atom. The summed E-state index contributed by atoms with van der Waals surface area (Å²) in [5.41, 5.74) is 0. The Labute approximate surface area is 98.9 Å². The molecule has 0 aromatic carbocycles. The molecule has 7 heteroatoms. The number of amides is 2. The van der Waals surface area contributed by atoms with Crippen LogP contribution in [0.1, 0.15) is 0 Å². The van der Waals surface area contributed by atoms with Crippen LogP contribution in [0, 0.1) is 0 Å². The van der Waals surface area contributed by atoms with Crippen LogP contribution in [0.25, 0.3) is 0 Å². The summed E-state index contributed by atoms with van der Waals surface area (Å²) in [5.74, 6) is -0.258. The van der Waals surface area contributed by atoms with Crippen LogP contribution in [0.15, 0.2) is 0 Å². The maximum absolute atomic E-state index is 11.8. The zero-order valence-corrected chi connectivity index (χ0v) is 9.50. The van der Waals surface area contributed by atoms with Gasteiger partial charge in [0.1, 0.15) is 6.61 Å². The van der Waals surface area contributed by atoms with E-state index in [-0.39, 0.29) is 31.8 Å². The van der Waals surface area contributed by atoms with Crippen molar-refractivity contribution in [2.45, 2.75) is 6.10 Å². The second-order valence-corrected chi connectivity index (χ2v) is 4.07. The molecule has 0 aromatic rings. The Morgan fingerprint density at radius 3 is 2.88 bits per heavy atom. The minimum absolute atomic E-state index is 0.0591. The van der Waals surface area contributed by atoms with Crippen molar-refractivity contribution >= 4 is 12.0 Å². The zero-order valence-electron chi connectivity index (χ0n) is 9.50. The van der Waals surface area contributed by atoms with Crippen LogP contribution < -0.4 is 0 Å². The molecular formula is C10H16N2O5. The molecule has 2 fully saturated rings. The van der Waals surface area contributed by atoms with Gasteiger partial charge in [-0.25, -0.2) is 9.69 Å². The predicted molar refractivity (Wildman–Crippen MR) is 56.3 cm³/mol. The number of hydrogen-bond donors (Lipinski definition) is 1. The number of ether oxygens (including phenoxy) is 2. The van der Waals surface area contributed by atoms with E-state index in [9.17, 15) is 9.59 Å². The average molecular weight is 244 g/mol. The van der Waals surface area contributed by atoms with Crippen LogP contribution in [0.2, 0.25) is 0 Å². The topological polar surface area (TPSA) is 79.3 Å². The smallest absolute Gasteiger partial charge is 0.416 e. The van der Waals surface area contributed by atoms with Crippen LogP contribution in [0.5, 0.6) is 0 Å². The number of cyclic esters (lactones) is 1. The molecule has 1 N–H and O–H groups in total. The van der Waals surface area contributed by atoms with Crippen molar-refractivity contribution in [1.29, 1.82) is 0 Å². The molecule has 0 aromatic heterocycles. The van der Waals surface area contributed by atoms with Crippen molar-refractivity contribution in [2.24, 2.45) is 0 Å². The lowest BCUT2D eigenvalue weighted by molar-refractivity contribution is -0.131. The highest BCUT2D eigenvalue weighted by Gasteiger charge is 2.30. The number of carbonyl (C=O) groups is 2. The summed E-state index contributed by atoms with van der Waals surface area (Å²) in [6.07, 6.45) is -0.816. The number of carbonyl (C=O) groups excluding carboxylic acids is 2. The molecule has 2 aliphatic rings. The van der Waals surface area contributed by atoms with Crippen molar-refractivity contribution in [3.05, 3.63) is 0 Å². The highest BCUT2D eigenvalue weighted by atomic mass is 16.6. The first-order chi connectivity index (χ1) is 8.20. The highest BCUT2D eigenvalue weighted by molar-refractivity contribution is 5.94. The number of imide groups is 1. The van der Waals surface area contributed by atoms with E-state index in [0.717, 1.165) is 4.90 Å². The molecule has 1 unspecified atom stereocenters. The Morgan fingerprint density at radius 2 is 2.24 bits per heavy atom. The molecule has 2 aliphatic heterocycles. The summed E-state index contributed by atoms with van der Waals surface area (Å²) in [6, 6.07) is 0. The fourth-order valence-electron chi connectivity index (χ4n) is 1.93. The molecule has 0 aliphatic carbocycles. The van der Waals surface area contributed by atoms with Gasteiger partial charge >= 0.3 is 6.09 Å². The van der Waals surface area contributed by atoms with Crippen LogP contribution in [-0.4, -0.2) is 79.0 Å². The Balaban J connectivity index is 1.83. The summed E-state index contributed by atoms with van der Waals surface area (Å²) in [5, 5.41) is 8.98. The molecule has 0 saturated carbocycles. The van der Waals surface area contributed by atoms with Crippen molar-refractivity contribution in [1.82, 2.24) is 9.80 Å². The SMILES string of the molecule is O=C(CN1CCOC(CO)C1)N1CCOC1=O. The van der Waals surface area contributed by atoms with E-state index in [1.807, 2.05) is 4.90 Å². The van der Waals surface area contributed by atoms with E-state index in [0.29, 0.717) is 26.2 Å². The van der Waals surface area contributed by atoms with E-state index in [4.69, 9.17) is 14.6 Å². The van der Waals surface area contributed by atoms with E-state index in [2.05, 4.69) is 0 Å². The Kier molecular flexibility index (Phi) is 3.93. The number of aliphatic hydroxyl groups excluding tert-OH is 1. The molecule has 7 nitrogen and oxygen atoms in total. The van der Waals surface area contributed by atoms with Crippen molar-refractivity contribution < 1.29 is 24.2 Å². The van der Waals surface area contributed by atoms with Gasteiger partial charge in [-0.3, -0.25) is 9.69 Å². The van der Waals surface area contributed by atoms with Crippen LogP contribution in [0.4, 0.5) is 4.79 Å². The molecule has 2 rings (SSSR count). The molecule has 2 saturated heterocycles. The number of hydrogen-bond acceptors (Lipinski definition) is 6. The predicted octanol–water partition coefficient (Wildman–Crippen LogP) is -1.34. The first-order valence-electron chi connectivity index (χ1n) is 5.62. The summed E-state index contributed by atoms with van der Waals surface area (Å²) in [6.45, 7) is 2.32. The number of aliphatic hydroxyl groups is 1. The first kappa shape index (κ1) is 12.3. The fraction of sp³-hybridized carbons (Fsp3) is 0.800. The average Bonchev–Trinajstić information content (AvgIpc) is 2.76. The van der Waals surface area contributed by atoms with Gasteiger partial charge in [-0.1, -0.05) is 0 Å². The third-order valence-corrected chi connectivity index (χ3v) is 2.85. The van der Waals surface area contributed by atoms with Gasteiger partial charge in [-0.05, 0) is 0 Å². The van der Waals surface area contributed by atoms with Gasteiger partial charge in [0, 0.05) is 13.1 Å². The molecule has 0 bridgehead atoms. The molecule has 0 radical (unpaired) electrons. The van der Waals surface area contributed by atoms with Gasteiger partial charge < -0.3 is 14.6 Å². The monoisotopic (exact) mass is 244 g/mol. The van der Waals surface area contributed by atoms with Gasteiger partial charge in [-0.2, -0.15) is 0 Å². The lowest BCUT2D eigenvalue weighted by atomic mass is 10.3. The summed E-state index contributed by atoms with van der Waals surface area (Å²) < 4.78 is 9.98. The summed E-state index contributed by atoms with van der Waals surface area (Å²) in [7, 11) is 0. The Hall–Kier alpha value is -1.18. The standard InChI is InChI=1S/C10H16N2O5/c13-7-8-5-11(1-3-16-8)6-9(14)12-2-4-17-10(12)15/h8,13H,1-7H2. The molecular weight excluding hydrogens is 228 g/mol. The number of rotatable bonds is 3. The minimum Gasteiger partial charge on any atom is -0.447 e. The van der Waals surface area contributed by atoms with Gasteiger partial charge in [0.25, 0.3) is 0 Å². The molecule has 17 heavy (non-hydrogen) atoms. The van der Waals surface area contributed by atoms with Crippen molar-refractivity contribution in [3.8, 4) is 0 Å². The molecule has 2 amide bonds. The Bertz CT molecular complexity index is 309. The first-order valence-corrected chi connectivity index (χ1v) is 5.62. The number of nitrogens with zero attached hydrogens (tertiary/aromatic N) is 2.